The molecule has 0 bridgehead atoms. The van der Waals surface area contributed by atoms with E-state index in [2.05, 4.69) is 10.6 Å². The first-order chi connectivity index (χ1) is 10.3. The summed E-state index contributed by atoms with van der Waals surface area (Å²) >= 11 is 0. The van der Waals surface area contributed by atoms with E-state index in [1.165, 1.54) is 24.3 Å². The predicted molar refractivity (Wildman–Crippen MR) is 83.3 cm³/mol. The lowest BCUT2D eigenvalue weighted by molar-refractivity contribution is 0.251. The fraction of sp³-hybridized carbons (Fsp3) is 0.133. The fourth-order valence-corrected chi connectivity index (χ4v) is 2.44. The van der Waals surface area contributed by atoms with Crippen LogP contribution in [0.4, 0.5) is 10.5 Å². The molecular weight excluding hydrogens is 304 g/mol. The van der Waals surface area contributed by atoms with Crippen molar-refractivity contribution in [3.63, 3.8) is 0 Å². The normalized spacial score (nSPS) is 11.0. The summed E-state index contributed by atoms with van der Waals surface area (Å²) in [5.41, 5.74) is 2.33. The summed E-state index contributed by atoms with van der Waals surface area (Å²) in [6.45, 7) is 2.32. The lowest BCUT2D eigenvalue weighted by atomic mass is 10.1. The summed E-state index contributed by atoms with van der Waals surface area (Å²) in [4.78, 5) is 11.5. The van der Waals surface area contributed by atoms with Crippen molar-refractivity contribution in [2.75, 3.05) is 5.32 Å². The van der Waals surface area contributed by atoms with Crippen molar-refractivity contribution in [3.05, 3.63) is 59.7 Å². The topological polar surface area (TPSA) is 95.5 Å². The molecule has 2 amide bonds. The number of aryl methyl sites for hydroxylation is 1. The van der Waals surface area contributed by atoms with Gasteiger partial charge in [0.1, 0.15) is 0 Å². The Labute approximate surface area is 128 Å². The first-order valence-corrected chi connectivity index (χ1v) is 7.96. The largest absolute Gasteiger partial charge is 0.334 e. The summed E-state index contributed by atoms with van der Waals surface area (Å²) < 4.78 is 31.1. The van der Waals surface area contributed by atoms with Gasteiger partial charge in [-0.25, -0.2) is 4.79 Å². The molecule has 0 saturated heterocycles. The zero-order chi connectivity index (χ0) is 16.2. The fourth-order valence-electron chi connectivity index (χ4n) is 1.91. The van der Waals surface area contributed by atoms with E-state index in [1.54, 1.807) is 0 Å². The van der Waals surface area contributed by atoms with E-state index in [0.29, 0.717) is 6.54 Å². The molecule has 0 aromatic heterocycles. The third-order valence-corrected chi connectivity index (χ3v) is 3.77. The van der Waals surface area contributed by atoms with Gasteiger partial charge in [-0.2, -0.15) is 8.42 Å². The molecule has 2 rings (SSSR count). The van der Waals surface area contributed by atoms with E-state index < -0.39 is 16.1 Å². The van der Waals surface area contributed by atoms with E-state index >= 15 is 0 Å². The zero-order valence-electron chi connectivity index (χ0n) is 11.9. The zero-order valence-corrected chi connectivity index (χ0v) is 12.7. The smallest absolute Gasteiger partial charge is 0.319 e. The molecular formula is C15H16N2O4S. The molecule has 22 heavy (non-hydrogen) atoms. The van der Waals surface area contributed by atoms with Crippen LogP contribution in [0.5, 0.6) is 0 Å². The minimum Gasteiger partial charge on any atom is -0.334 e. The van der Waals surface area contributed by atoms with Crippen LogP contribution in [0, 0.1) is 6.92 Å². The molecule has 6 nitrogen and oxygen atoms in total. The monoisotopic (exact) mass is 320 g/mol. The second kappa shape index (κ2) is 6.59. The quantitative estimate of drug-likeness (QED) is 0.754. The molecule has 0 fully saturated rings. The third-order valence-electron chi connectivity index (χ3n) is 2.93. The average molecular weight is 320 g/mol. The van der Waals surface area contributed by atoms with E-state index in [-0.39, 0.29) is 10.6 Å². The number of urea groups is 1. The Balaban J connectivity index is 1.98. The predicted octanol–water partition coefficient (Wildman–Crippen LogP) is 2.56. The van der Waals surface area contributed by atoms with Crippen LogP contribution in [-0.2, 0) is 16.7 Å². The number of hydrogen-bond donors (Lipinski definition) is 3. The number of carbonyl (C=O) groups excluding carboxylic acids is 1. The molecule has 0 unspecified atom stereocenters. The van der Waals surface area contributed by atoms with Crippen molar-refractivity contribution in [3.8, 4) is 0 Å². The Hall–Kier alpha value is -2.38. The highest BCUT2D eigenvalue weighted by atomic mass is 32.2. The van der Waals surface area contributed by atoms with Crippen LogP contribution < -0.4 is 10.6 Å². The van der Waals surface area contributed by atoms with Crippen LogP contribution in [0.1, 0.15) is 11.1 Å². The molecule has 3 N–H and O–H groups in total. The first kappa shape index (κ1) is 16.0. The van der Waals surface area contributed by atoms with Gasteiger partial charge in [0.2, 0.25) is 0 Å². The van der Waals surface area contributed by atoms with Crippen LogP contribution in [0.3, 0.4) is 0 Å². The van der Waals surface area contributed by atoms with Crippen LogP contribution in [-0.4, -0.2) is 19.0 Å². The molecule has 0 heterocycles. The lowest BCUT2D eigenvalue weighted by Crippen LogP contribution is -2.28. The Morgan fingerprint density at radius 2 is 1.86 bits per heavy atom. The summed E-state index contributed by atoms with van der Waals surface area (Å²) in [5.74, 6) is 0. The molecule has 0 spiro atoms. The third kappa shape index (κ3) is 4.57. The van der Waals surface area contributed by atoms with Crippen molar-refractivity contribution in [1.29, 1.82) is 0 Å². The van der Waals surface area contributed by atoms with Crippen LogP contribution >= 0.6 is 0 Å². The highest BCUT2D eigenvalue weighted by Gasteiger charge is 2.10. The first-order valence-electron chi connectivity index (χ1n) is 6.52. The second-order valence-electron chi connectivity index (χ2n) is 4.80. The molecule has 0 aliphatic heterocycles. The summed E-state index contributed by atoms with van der Waals surface area (Å²) in [5, 5.41) is 5.18. The van der Waals surface area contributed by atoms with Crippen molar-refractivity contribution in [1.82, 2.24) is 5.32 Å². The number of rotatable bonds is 4. The number of benzene rings is 2. The van der Waals surface area contributed by atoms with Gasteiger partial charge in [-0.15, -0.1) is 0 Å². The van der Waals surface area contributed by atoms with Crippen LogP contribution in [0.15, 0.2) is 53.4 Å². The number of amides is 2. The molecule has 0 atom stereocenters. The van der Waals surface area contributed by atoms with Gasteiger partial charge in [-0.3, -0.25) is 4.55 Å². The van der Waals surface area contributed by atoms with E-state index in [1.807, 2.05) is 31.2 Å². The van der Waals surface area contributed by atoms with E-state index in [0.717, 1.165) is 11.1 Å². The van der Waals surface area contributed by atoms with Gasteiger partial charge < -0.3 is 10.6 Å². The van der Waals surface area contributed by atoms with Gasteiger partial charge in [0.25, 0.3) is 10.1 Å². The summed E-state index contributed by atoms with van der Waals surface area (Å²) in [7, 11) is -4.29. The van der Waals surface area contributed by atoms with E-state index in [4.69, 9.17) is 4.55 Å². The number of nitrogens with one attached hydrogen (secondary N) is 2. The highest BCUT2D eigenvalue weighted by Crippen LogP contribution is 2.15. The van der Waals surface area contributed by atoms with Gasteiger partial charge in [-0.05, 0) is 30.7 Å². The maximum atomic E-state index is 11.8. The van der Waals surface area contributed by atoms with Gasteiger partial charge in [0, 0.05) is 12.2 Å². The maximum Gasteiger partial charge on any atom is 0.319 e. The van der Waals surface area contributed by atoms with Gasteiger partial charge in [0.05, 0.1) is 4.90 Å². The molecule has 7 heteroatoms. The minimum atomic E-state index is -4.29. The Morgan fingerprint density at radius 1 is 1.14 bits per heavy atom. The SMILES string of the molecule is Cc1cccc(CNC(=O)Nc2cccc(S(=O)(=O)O)c2)c1. The summed E-state index contributed by atoms with van der Waals surface area (Å²) in [6.07, 6.45) is 0. The van der Waals surface area contributed by atoms with Gasteiger partial charge >= 0.3 is 6.03 Å². The average Bonchev–Trinajstić information content (AvgIpc) is 2.45. The van der Waals surface area contributed by atoms with Crippen molar-refractivity contribution in [2.24, 2.45) is 0 Å². The Morgan fingerprint density at radius 3 is 2.55 bits per heavy atom. The number of anilines is 1. The Kier molecular flexibility index (Phi) is 4.79. The van der Waals surface area contributed by atoms with Crippen LogP contribution in [0.2, 0.25) is 0 Å². The van der Waals surface area contributed by atoms with Gasteiger partial charge in [0.15, 0.2) is 0 Å². The Bertz CT molecular complexity index is 788. The minimum absolute atomic E-state index is 0.274. The van der Waals surface area contributed by atoms with Crippen LogP contribution in [0.25, 0.3) is 0 Å². The van der Waals surface area contributed by atoms with Crippen molar-refractivity contribution >= 4 is 21.8 Å². The van der Waals surface area contributed by atoms with Gasteiger partial charge in [-0.1, -0.05) is 35.9 Å². The molecule has 2 aromatic rings. The summed E-state index contributed by atoms with van der Waals surface area (Å²) in [6, 6.07) is 12.6. The molecule has 0 aliphatic rings. The highest BCUT2D eigenvalue weighted by molar-refractivity contribution is 7.85. The maximum absolute atomic E-state index is 11.8. The molecule has 116 valence electrons. The number of hydrogen-bond acceptors (Lipinski definition) is 3. The molecule has 0 aliphatic carbocycles. The van der Waals surface area contributed by atoms with Crippen molar-refractivity contribution < 1.29 is 17.8 Å². The van der Waals surface area contributed by atoms with E-state index in [9.17, 15) is 13.2 Å². The van der Waals surface area contributed by atoms with Crippen molar-refractivity contribution in [2.45, 2.75) is 18.4 Å². The molecule has 2 aromatic carbocycles. The molecule has 0 radical (unpaired) electrons. The second-order valence-corrected chi connectivity index (χ2v) is 6.22. The lowest BCUT2D eigenvalue weighted by Gasteiger charge is -2.09. The number of carbonyl (C=O) groups is 1. The molecule has 0 saturated carbocycles. The standard InChI is InChI=1S/C15H16N2O4S/c1-11-4-2-5-12(8-11)10-16-15(18)17-13-6-3-7-14(9-13)22(19,20)21/h2-9H,10H2,1H3,(H2,16,17,18)(H,19,20,21).